The Balaban J connectivity index is 1.93. The van der Waals surface area contributed by atoms with Crippen molar-refractivity contribution in [3.63, 3.8) is 0 Å². The van der Waals surface area contributed by atoms with Crippen LogP contribution in [0.1, 0.15) is 45.6 Å². The Hall–Kier alpha value is -3.02. The van der Waals surface area contributed by atoms with Crippen molar-refractivity contribution in [3.8, 4) is 11.5 Å². The van der Waals surface area contributed by atoms with E-state index in [1.807, 2.05) is 38.1 Å². The highest BCUT2D eigenvalue weighted by molar-refractivity contribution is 5.95. The molecule has 0 aliphatic carbocycles. The number of methoxy groups -OCH3 is 1. The van der Waals surface area contributed by atoms with E-state index < -0.39 is 0 Å². The van der Waals surface area contributed by atoms with Gasteiger partial charge in [-0.15, -0.1) is 0 Å². The van der Waals surface area contributed by atoms with Crippen LogP contribution in [0.4, 0.5) is 11.4 Å². The van der Waals surface area contributed by atoms with Crippen LogP contribution in [0.5, 0.6) is 11.5 Å². The minimum Gasteiger partial charge on any atom is -0.494 e. The van der Waals surface area contributed by atoms with Gasteiger partial charge >= 0.3 is 0 Å². The highest BCUT2D eigenvalue weighted by atomic mass is 16.5. The molecule has 0 unspecified atom stereocenters. The molecule has 29 heavy (non-hydrogen) atoms. The zero-order valence-corrected chi connectivity index (χ0v) is 17.7. The van der Waals surface area contributed by atoms with Crippen molar-refractivity contribution in [3.05, 3.63) is 48.0 Å². The van der Waals surface area contributed by atoms with Gasteiger partial charge in [0.25, 0.3) is 5.91 Å². The minimum absolute atomic E-state index is 0.100. The van der Waals surface area contributed by atoms with Gasteiger partial charge in [0.2, 0.25) is 5.91 Å². The molecule has 156 valence electrons. The summed E-state index contributed by atoms with van der Waals surface area (Å²) in [6, 6.07) is 12.9. The summed E-state index contributed by atoms with van der Waals surface area (Å²) in [6.07, 6.45) is 1.08. The second-order valence-corrected chi connectivity index (χ2v) is 7.27. The van der Waals surface area contributed by atoms with E-state index in [1.54, 1.807) is 18.2 Å². The maximum absolute atomic E-state index is 12.2. The van der Waals surface area contributed by atoms with Gasteiger partial charge < -0.3 is 20.1 Å². The van der Waals surface area contributed by atoms with Crippen molar-refractivity contribution in [2.45, 2.75) is 40.0 Å². The highest BCUT2D eigenvalue weighted by Crippen LogP contribution is 2.28. The van der Waals surface area contributed by atoms with E-state index in [1.165, 1.54) is 12.7 Å². The first kappa shape index (κ1) is 22.3. The van der Waals surface area contributed by atoms with Gasteiger partial charge in [0, 0.05) is 17.7 Å². The number of ether oxygens (including phenoxy) is 2. The molecule has 6 nitrogen and oxygen atoms in total. The molecule has 0 radical (unpaired) electrons. The lowest BCUT2D eigenvalue weighted by Crippen LogP contribution is -2.20. The Morgan fingerprint density at radius 2 is 1.69 bits per heavy atom. The number of carbonyl (C=O) groups is 2. The minimum atomic E-state index is -0.281. The standard InChI is InChI=1S/C23H30N2O4/c1-6-16(4)17-7-10-19(11-8-17)29-14-22(26)24-18-9-12-20(21(13-18)28-5)25-23(27)15(2)3/h7-13,15-16H,6,14H2,1-5H3,(H,24,26)(H,25,27)/t16-/m1/s1. The van der Waals surface area contributed by atoms with Crippen LogP contribution in [0, 0.1) is 5.92 Å². The summed E-state index contributed by atoms with van der Waals surface area (Å²) >= 11 is 0. The Morgan fingerprint density at radius 3 is 2.28 bits per heavy atom. The Kier molecular flexibility index (Phi) is 8.07. The molecule has 0 saturated carbocycles. The van der Waals surface area contributed by atoms with Crippen LogP contribution in [0.15, 0.2) is 42.5 Å². The van der Waals surface area contributed by atoms with Gasteiger partial charge in [-0.3, -0.25) is 9.59 Å². The SMILES string of the molecule is CC[C@@H](C)c1ccc(OCC(=O)Nc2ccc(NC(=O)C(C)C)c(OC)c2)cc1. The maximum Gasteiger partial charge on any atom is 0.262 e. The number of hydrogen-bond acceptors (Lipinski definition) is 4. The zero-order chi connectivity index (χ0) is 21.4. The van der Waals surface area contributed by atoms with E-state index in [9.17, 15) is 9.59 Å². The summed E-state index contributed by atoms with van der Waals surface area (Å²) in [5, 5.41) is 5.58. The Morgan fingerprint density at radius 1 is 1.00 bits per heavy atom. The van der Waals surface area contributed by atoms with Crippen LogP contribution in [0.25, 0.3) is 0 Å². The van der Waals surface area contributed by atoms with E-state index in [2.05, 4.69) is 24.5 Å². The summed E-state index contributed by atoms with van der Waals surface area (Å²) in [4.78, 5) is 24.1. The third kappa shape index (κ3) is 6.52. The fourth-order valence-corrected chi connectivity index (χ4v) is 2.62. The Labute approximate surface area is 172 Å². The molecule has 2 aromatic rings. The summed E-state index contributed by atoms with van der Waals surface area (Å²) in [7, 11) is 1.51. The van der Waals surface area contributed by atoms with Crippen molar-refractivity contribution >= 4 is 23.2 Å². The number of hydrogen-bond donors (Lipinski definition) is 2. The molecule has 1 atom stereocenters. The first-order valence-electron chi connectivity index (χ1n) is 9.85. The van der Waals surface area contributed by atoms with Gasteiger partial charge in [-0.1, -0.05) is 39.8 Å². The largest absolute Gasteiger partial charge is 0.494 e. The van der Waals surface area contributed by atoms with Crippen molar-refractivity contribution < 1.29 is 19.1 Å². The topological polar surface area (TPSA) is 76.7 Å². The highest BCUT2D eigenvalue weighted by Gasteiger charge is 2.12. The van der Waals surface area contributed by atoms with Crippen LogP contribution in [0.2, 0.25) is 0 Å². The van der Waals surface area contributed by atoms with Crippen molar-refractivity contribution in [1.82, 2.24) is 0 Å². The van der Waals surface area contributed by atoms with Crippen LogP contribution in [-0.2, 0) is 9.59 Å². The number of rotatable bonds is 9. The van der Waals surface area contributed by atoms with Crippen molar-refractivity contribution in [1.29, 1.82) is 0 Å². The van der Waals surface area contributed by atoms with E-state index in [4.69, 9.17) is 9.47 Å². The molecule has 6 heteroatoms. The molecule has 0 fully saturated rings. The summed E-state index contributed by atoms with van der Waals surface area (Å²) in [5.74, 6) is 1.09. The summed E-state index contributed by atoms with van der Waals surface area (Å²) in [6.45, 7) is 7.86. The first-order chi connectivity index (χ1) is 13.8. The van der Waals surface area contributed by atoms with E-state index >= 15 is 0 Å². The normalized spacial score (nSPS) is 11.7. The van der Waals surface area contributed by atoms with Gasteiger partial charge in [-0.25, -0.2) is 0 Å². The maximum atomic E-state index is 12.2. The molecule has 0 aliphatic rings. The van der Waals surface area contributed by atoms with Crippen molar-refractivity contribution in [2.24, 2.45) is 5.92 Å². The Bertz CT molecular complexity index is 831. The molecule has 2 aromatic carbocycles. The van der Waals surface area contributed by atoms with E-state index in [0.717, 1.165) is 6.42 Å². The fraction of sp³-hybridized carbons (Fsp3) is 0.391. The lowest BCUT2D eigenvalue weighted by molar-refractivity contribution is -0.119. The average molecular weight is 399 g/mol. The van der Waals surface area contributed by atoms with Crippen LogP contribution >= 0.6 is 0 Å². The zero-order valence-electron chi connectivity index (χ0n) is 17.7. The predicted molar refractivity (Wildman–Crippen MR) is 116 cm³/mol. The first-order valence-corrected chi connectivity index (χ1v) is 9.85. The number of benzene rings is 2. The lowest BCUT2D eigenvalue weighted by atomic mass is 9.99. The molecular weight excluding hydrogens is 368 g/mol. The van der Waals surface area contributed by atoms with Gasteiger partial charge in [-0.05, 0) is 42.2 Å². The van der Waals surface area contributed by atoms with Crippen LogP contribution in [-0.4, -0.2) is 25.5 Å². The molecule has 0 spiro atoms. The second-order valence-electron chi connectivity index (χ2n) is 7.27. The van der Waals surface area contributed by atoms with Gasteiger partial charge in [0.05, 0.1) is 12.8 Å². The van der Waals surface area contributed by atoms with Crippen LogP contribution < -0.4 is 20.1 Å². The third-order valence-electron chi connectivity index (χ3n) is 4.70. The number of carbonyl (C=O) groups excluding carboxylic acids is 2. The van der Waals surface area contributed by atoms with Crippen molar-refractivity contribution in [2.75, 3.05) is 24.4 Å². The number of anilines is 2. The number of amides is 2. The van der Waals surface area contributed by atoms with E-state index in [-0.39, 0.29) is 24.3 Å². The molecule has 2 rings (SSSR count). The van der Waals surface area contributed by atoms with Crippen LogP contribution in [0.3, 0.4) is 0 Å². The monoisotopic (exact) mass is 398 g/mol. The smallest absolute Gasteiger partial charge is 0.262 e. The fourth-order valence-electron chi connectivity index (χ4n) is 2.62. The summed E-state index contributed by atoms with van der Waals surface area (Å²) in [5.41, 5.74) is 2.37. The van der Waals surface area contributed by atoms with Gasteiger partial charge in [-0.2, -0.15) is 0 Å². The predicted octanol–water partition coefficient (Wildman–Crippen LogP) is 4.82. The molecule has 0 aliphatic heterocycles. The second kappa shape index (κ2) is 10.5. The van der Waals surface area contributed by atoms with E-state index in [0.29, 0.717) is 28.8 Å². The summed E-state index contributed by atoms with van der Waals surface area (Å²) < 4.78 is 10.9. The third-order valence-corrected chi connectivity index (χ3v) is 4.70. The molecule has 2 amide bonds. The molecule has 0 bridgehead atoms. The molecule has 0 aromatic heterocycles. The number of nitrogens with one attached hydrogen (secondary N) is 2. The van der Waals surface area contributed by atoms with Gasteiger partial charge in [0.1, 0.15) is 11.5 Å². The molecule has 0 heterocycles. The molecule has 0 saturated heterocycles. The average Bonchev–Trinajstić information content (AvgIpc) is 2.72. The molecule has 2 N–H and O–H groups in total. The van der Waals surface area contributed by atoms with Gasteiger partial charge in [0.15, 0.2) is 6.61 Å². The quantitative estimate of drug-likeness (QED) is 0.635. The lowest BCUT2D eigenvalue weighted by Gasteiger charge is -2.14. The molecular formula is C23H30N2O4.